The Morgan fingerprint density at radius 1 is 0.955 bits per heavy atom. The van der Waals surface area contributed by atoms with Crippen molar-refractivity contribution in [2.24, 2.45) is 0 Å². The number of hydrogen-bond acceptors (Lipinski definition) is 2. The molecule has 1 rings (SSSR count). The van der Waals surface area contributed by atoms with E-state index in [-0.39, 0.29) is 5.91 Å². The van der Waals surface area contributed by atoms with Crippen LogP contribution in [0.15, 0.2) is 24.3 Å². The van der Waals surface area contributed by atoms with Gasteiger partial charge in [-0.1, -0.05) is 50.6 Å². The molecule has 0 fully saturated rings. The lowest BCUT2D eigenvalue weighted by atomic mass is 10.1. The molecule has 0 atom stereocenters. The lowest BCUT2D eigenvalue weighted by molar-refractivity contribution is -0.121. The van der Waals surface area contributed by atoms with Crippen molar-refractivity contribution in [3.05, 3.63) is 29.3 Å². The number of rotatable bonds is 8. The quantitative estimate of drug-likeness (QED) is 0.494. The Balaban J connectivity index is 2.10. The first-order valence-electron chi connectivity index (χ1n) is 7.73. The van der Waals surface area contributed by atoms with E-state index in [2.05, 4.69) is 23.1 Å². The third kappa shape index (κ3) is 8.52. The minimum atomic E-state index is -0.487. The topological polar surface area (TPSA) is 70.2 Å². The molecular formula is C16H24ClN3O2. The van der Waals surface area contributed by atoms with Gasteiger partial charge in [-0.05, 0) is 30.7 Å². The van der Waals surface area contributed by atoms with E-state index in [9.17, 15) is 9.59 Å². The summed E-state index contributed by atoms with van der Waals surface area (Å²) in [6.07, 6.45) is 7.16. The van der Waals surface area contributed by atoms with E-state index < -0.39 is 6.03 Å². The summed E-state index contributed by atoms with van der Waals surface area (Å²) in [6, 6.07) is 6.22. The summed E-state index contributed by atoms with van der Waals surface area (Å²) in [5.74, 6) is -0.179. The number of urea groups is 1. The third-order valence-corrected chi connectivity index (χ3v) is 3.43. The number of halogens is 1. The highest BCUT2D eigenvalue weighted by molar-refractivity contribution is 6.30. The Labute approximate surface area is 136 Å². The molecule has 0 heterocycles. The summed E-state index contributed by atoms with van der Waals surface area (Å²) in [6.45, 7) is 2.17. The number of carbonyl (C=O) groups excluding carboxylic acids is 2. The zero-order chi connectivity index (χ0) is 16.2. The van der Waals surface area contributed by atoms with Crippen LogP contribution in [0.25, 0.3) is 0 Å². The zero-order valence-electron chi connectivity index (χ0n) is 13.0. The van der Waals surface area contributed by atoms with Crippen LogP contribution in [0, 0.1) is 0 Å². The van der Waals surface area contributed by atoms with Crippen LogP contribution in [-0.2, 0) is 4.79 Å². The van der Waals surface area contributed by atoms with Crippen LogP contribution in [0.1, 0.15) is 51.9 Å². The van der Waals surface area contributed by atoms with Gasteiger partial charge in [0.25, 0.3) is 0 Å². The van der Waals surface area contributed by atoms with Gasteiger partial charge in [0.1, 0.15) is 0 Å². The predicted octanol–water partition coefficient (Wildman–Crippen LogP) is 4.24. The van der Waals surface area contributed by atoms with Crippen molar-refractivity contribution in [1.82, 2.24) is 10.9 Å². The molecule has 3 N–H and O–H groups in total. The maximum absolute atomic E-state index is 11.6. The third-order valence-electron chi connectivity index (χ3n) is 3.17. The summed E-state index contributed by atoms with van der Waals surface area (Å²) in [5, 5.41) is 3.19. The van der Waals surface area contributed by atoms with Gasteiger partial charge in [0.15, 0.2) is 0 Å². The van der Waals surface area contributed by atoms with Gasteiger partial charge >= 0.3 is 6.03 Å². The average Bonchev–Trinajstić information content (AvgIpc) is 2.51. The molecule has 0 radical (unpaired) electrons. The lowest BCUT2D eigenvalue weighted by Gasteiger charge is -2.09. The summed E-state index contributed by atoms with van der Waals surface area (Å²) in [7, 11) is 0. The molecule has 0 bridgehead atoms. The van der Waals surface area contributed by atoms with Crippen LogP contribution >= 0.6 is 11.6 Å². The molecular weight excluding hydrogens is 302 g/mol. The molecule has 0 saturated heterocycles. The molecule has 0 aliphatic heterocycles. The molecule has 1 aromatic rings. The molecule has 3 amide bonds. The Hall–Kier alpha value is -1.75. The predicted molar refractivity (Wildman–Crippen MR) is 89.7 cm³/mol. The number of amides is 3. The highest BCUT2D eigenvalue weighted by Crippen LogP contribution is 2.13. The maximum atomic E-state index is 11.6. The van der Waals surface area contributed by atoms with Crippen LogP contribution in [0.2, 0.25) is 5.02 Å². The molecule has 6 heteroatoms. The van der Waals surface area contributed by atoms with Gasteiger partial charge < -0.3 is 5.32 Å². The Kier molecular flexibility index (Phi) is 9.07. The average molecular weight is 326 g/mol. The van der Waals surface area contributed by atoms with Crippen LogP contribution in [0.3, 0.4) is 0 Å². The first kappa shape index (κ1) is 18.3. The SMILES string of the molecule is CCCCCCCCC(=O)NNC(=O)Nc1ccc(Cl)cc1. The summed E-state index contributed by atoms with van der Waals surface area (Å²) in [5.41, 5.74) is 5.32. The zero-order valence-corrected chi connectivity index (χ0v) is 13.7. The second-order valence-electron chi connectivity index (χ2n) is 5.15. The molecule has 0 aliphatic rings. The number of anilines is 1. The highest BCUT2D eigenvalue weighted by Gasteiger charge is 2.04. The molecule has 0 saturated carbocycles. The van der Waals surface area contributed by atoms with Gasteiger partial charge in [-0.3, -0.25) is 10.2 Å². The van der Waals surface area contributed by atoms with E-state index in [4.69, 9.17) is 11.6 Å². The van der Waals surface area contributed by atoms with Crippen molar-refractivity contribution in [1.29, 1.82) is 0 Å². The molecule has 0 unspecified atom stereocenters. The molecule has 0 aliphatic carbocycles. The van der Waals surface area contributed by atoms with Crippen molar-refractivity contribution < 1.29 is 9.59 Å². The molecule has 0 aromatic heterocycles. The molecule has 0 spiro atoms. The number of unbranched alkanes of at least 4 members (excludes halogenated alkanes) is 5. The van der Waals surface area contributed by atoms with E-state index in [0.29, 0.717) is 17.1 Å². The summed E-state index contributed by atoms with van der Waals surface area (Å²) in [4.78, 5) is 23.1. The monoisotopic (exact) mass is 325 g/mol. The lowest BCUT2D eigenvalue weighted by Crippen LogP contribution is -2.43. The first-order valence-corrected chi connectivity index (χ1v) is 8.11. The number of nitrogens with one attached hydrogen (secondary N) is 3. The molecule has 1 aromatic carbocycles. The van der Waals surface area contributed by atoms with Crippen LogP contribution in [0.4, 0.5) is 10.5 Å². The largest absolute Gasteiger partial charge is 0.337 e. The Morgan fingerprint density at radius 2 is 1.59 bits per heavy atom. The number of benzene rings is 1. The van der Waals surface area contributed by atoms with Crippen LogP contribution in [0.5, 0.6) is 0 Å². The smallest absolute Gasteiger partial charge is 0.307 e. The second-order valence-corrected chi connectivity index (χ2v) is 5.59. The summed E-state index contributed by atoms with van der Waals surface area (Å²) < 4.78 is 0. The summed E-state index contributed by atoms with van der Waals surface area (Å²) >= 11 is 5.75. The number of hydrazine groups is 1. The normalized spacial score (nSPS) is 10.1. The first-order chi connectivity index (χ1) is 10.6. The molecule has 22 heavy (non-hydrogen) atoms. The van der Waals surface area contributed by atoms with Gasteiger partial charge in [-0.25, -0.2) is 10.2 Å². The number of carbonyl (C=O) groups is 2. The highest BCUT2D eigenvalue weighted by atomic mass is 35.5. The van der Waals surface area contributed by atoms with E-state index >= 15 is 0 Å². The van der Waals surface area contributed by atoms with E-state index in [1.54, 1.807) is 24.3 Å². The van der Waals surface area contributed by atoms with E-state index in [1.165, 1.54) is 19.3 Å². The van der Waals surface area contributed by atoms with Gasteiger partial charge in [-0.2, -0.15) is 0 Å². The molecule has 122 valence electrons. The van der Waals surface area contributed by atoms with E-state index in [0.717, 1.165) is 19.3 Å². The standard InChI is InChI=1S/C16H24ClN3O2/c1-2-3-4-5-6-7-8-15(21)19-20-16(22)18-14-11-9-13(17)10-12-14/h9-12H,2-8H2,1H3,(H,19,21)(H2,18,20,22). The fourth-order valence-corrected chi connectivity index (χ4v) is 2.08. The van der Waals surface area contributed by atoms with Gasteiger partial charge in [0.05, 0.1) is 0 Å². The minimum absolute atomic E-state index is 0.179. The van der Waals surface area contributed by atoms with Crippen LogP contribution in [-0.4, -0.2) is 11.9 Å². The Bertz CT molecular complexity index is 463. The van der Waals surface area contributed by atoms with Gasteiger partial charge in [0, 0.05) is 17.1 Å². The fourth-order valence-electron chi connectivity index (χ4n) is 1.95. The van der Waals surface area contributed by atoms with Crippen molar-refractivity contribution in [3.63, 3.8) is 0 Å². The minimum Gasteiger partial charge on any atom is -0.307 e. The number of hydrogen-bond donors (Lipinski definition) is 3. The fraction of sp³-hybridized carbons (Fsp3) is 0.500. The Morgan fingerprint density at radius 3 is 2.27 bits per heavy atom. The van der Waals surface area contributed by atoms with Gasteiger partial charge in [0.2, 0.25) is 5.91 Å². The van der Waals surface area contributed by atoms with Crippen molar-refractivity contribution in [3.8, 4) is 0 Å². The van der Waals surface area contributed by atoms with Crippen LogP contribution < -0.4 is 16.2 Å². The van der Waals surface area contributed by atoms with Crippen molar-refractivity contribution in [2.45, 2.75) is 51.9 Å². The van der Waals surface area contributed by atoms with Crippen molar-refractivity contribution in [2.75, 3.05) is 5.32 Å². The molecule has 5 nitrogen and oxygen atoms in total. The van der Waals surface area contributed by atoms with E-state index in [1.807, 2.05) is 0 Å². The second kappa shape index (κ2) is 10.9. The van der Waals surface area contributed by atoms with Gasteiger partial charge in [-0.15, -0.1) is 0 Å². The van der Waals surface area contributed by atoms with Crippen molar-refractivity contribution >= 4 is 29.2 Å². The maximum Gasteiger partial charge on any atom is 0.337 e.